The fourth-order valence-corrected chi connectivity index (χ4v) is 2.58. The first-order valence-corrected chi connectivity index (χ1v) is 9.27. The maximum absolute atomic E-state index is 12.6. The summed E-state index contributed by atoms with van der Waals surface area (Å²) >= 11 is 0. The van der Waals surface area contributed by atoms with Gasteiger partial charge >= 0.3 is 12.1 Å². The number of carboxylic acid groups (broad SMARTS) is 1. The van der Waals surface area contributed by atoms with E-state index in [0.717, 1.165) is 18.1 Å². The van der Waals surface area contributed by atoms with Gasteiger partial charge < -0.3 is 14.4 Å². The number of hydrogen-bond acceptors (Lipinski definition) is 5. The molecule has 0 bridgehead atoms. The number of carbonyl (C=O) groups excluding carboxylic acids is 1. The average molecular weight is 457 g/mol. The average Bonchev–Trinajstić information content (AvgIpc) is 2.67. The van der Waals surface area contributed by atoms with Crippen LogP contribution in [0.5, 0.6) is 5.75 Å². The van der Waals surface area contributed by atoms with Crippen molar-refractivity contribution in [2.24, 2.45) is 12.9 Å². The summed E-state index contributed by atoms with van der Waals surface area (Å²) in [5.41, 5.74) is -2.38. The van der Waals surface area contributed by atoms with E-state index in [0.29, 0.717) is 21.9 Å². The molecule has 0 saturated heterocycles. The van der Waals surface area contributed by atoms with E-state index >= 15 is 0 Å². The predicted octanol–water partition coefficient (Wildman–Crippen LogP) is 3.22. The fraction of sp³-hybridized carbons (Fsp3) is 0.381. The predicted molar refractivity (Wildman–Crippen MR) is 111 cm³/mol. The molecule has 8 nitrogen and oxygen atoms in total. The maximum Gasteiger partial charge on any atom is 0.431 e. The molecule has 2 aromatic rings. The van der Waals surface area contributed by atoms with Crippen LogP contribution in [0.4, 0.5) is 13.2 Å². The highest BCUT2D eigenvalue weighted by Crippen LogP contribution is 2.28. The molecule has 32 heavy (non-hydrogen) atoms. The number of aromatic nitrogens is 1. The van der Waals surface area contributed by atoms with Crippen molar-refractivity contribution >= 4 is 11.9 Å². The van der Waals surface area contributed by atoms with Crippen molar-refractivity contribution in [2.75, 3.05) is 7.11 Å². The van der Waals surface area contributed by atoms with Crippen LogP contribution in [-0.2, 0) is 13.2 Å². The molecule has 0 aliphatic carbocycles. The van der Waals surface area contributed by atoms with Crippen molar-refractivity contribution in [1.82, 2.24) is 9.58 Å². The highest BCUT2D eigenvalue weighted by Gasteiger charge is 2.35. The third-order valence-corrected chi connectivity index (χ3v) is 4.50. The Morgan fingerprint density at radius 1 is 1.09 bits per heavy atom. The third kappa shape index (κ3) is 6.10. The summed E-state index contributed by atoms with van der Waals surface area (Å²) in [7, 11) is 2.48. The number of benzene rings is 1. The van der Waals surface area contributed by atoms with Gasteiger partial charge in [-0.3, -0.25) is 14.6 Å². The molecule has 0 unspecified atom stereocenters. The van der Waals surface area contributed by atoms with Crippen LogP contribution < -0.4 is 16.1 Å². The first-order valence-electron chi connectivity index (χ1n) is 9.27. The summed E-state index contributed by atoms with van der Waals surface area (Å²) in [6, 6.07) is 6.49. The molecule has 11 heteroatoms. The van der Waals surface area contributed by atoms with E-state index in [1.54, 1.807) is 45.9 Å². The summed E-state index contributed by atoms with van der Waals surface area (Å²) in [6.07, 6.45) is -4.66. The number of nitrogens with zero attached hydrogens (tertiary/aromatic N) is 2. The molecule has 1 amide bonds. The number of carboxylic acids is 1. The molecule has 1 aromatic heterocycles. The number of methoxy groups -OCH3 is 1. The second-order valence-corrected chi connectivity index (χ2v) is 7.78. The molecule has 2 rings (SSSR count). The lowest BCUT2D eigenvalue weighted by molar-refractivity contribution is -0.143. The zero-order valence-electron chi connectivity index (χ0n) is 18.6. The molecule has 0 radical (unpaired) electrons. The molecule has 1 aromatic carbocycles. The van der Waals surface area contributed by atoms with E-state index in [-0.39, 0.29) is 5.56 Å². The van der Waals surface area contributed by atoms with Crippen molar-refractivity contribution in [3.63, 3.8) is 0 Å². The summed E-state index contributed by atoms with van der Waals surface area (Å²) in [6.45, 7) is 6.64. The summed E-state index contributed by atoms with van der Waals surface area (Å²) < 4.78 is 43.3. The number of aromatic carboxylic acids is 1. The molecule has 0 atom stereocenters. The zero-order chi connectivity index (χ0) is 25.0. The van der Waals surface area contributed by atoms with Crippen LogP contribution in [0.15, 0.2) is 35.1 Å². The molecule has 0 spiro atoms. The van der Waals surface area contributed by atoms with Gasteiger partial charge in [-0.1, -0.05) is 6.07 Å². The van der Waals surface area contributed by atoms with Crippen LogP contribution in [0.2, 0.25) is 0 Å². The summed E-state index contributed by atoms with van der Waals surface area (Å²) in [4.78, 5) is 34.5. The second kappa shape index (κ2) is 9.86. The highest BCUT2D eigenvalue weighted by atomic mass is 19.4. The smallest absolute Gasteiger partial charge is 0.431 e. The first kappa shape index (κ1) is 26.7. The zero-order valence-corrected chi connectivity index (χ0v) is 18.6. The lowest BCUT2D eigenvalue weighted by Gasteiger charge is -2.31. The lowest BCUT2D eigenvalue weighted by atomic mass is 10.1. The Bertz CT molecular complexity index is 1060. The fourth-order valence-electron chi connectivity index (χ4n) is 2.58. The number of ether oxygens (including phenoxy) is 1. The standard InChI is InChI=1S/C12H16F3N3O2.C9H10O3/c1-11(2,3)18(16)10(20)7-5-6-8(12(13,14)15)17(4)9(7)19;1-6-7(9(10)11)4-3-5-8(6)12-2/h5-6H,16H2,1-4H3;3-5H,1-2H3,(H,10,11). The van der Waals surface area contributed by atoms with Crippen molar-refractivity contribution in [3.05, 3.63) is 63.1 Å². The van der Waals surface area contributed by atoms with Crippen LogP contribution in [0.3, 0.4) is 0 Å². The molecule has 0 saturated carbocycles. The van der Waals surface area contributed by atoms with Gasteiger partial charge in [-0.05, 0) is 52.0 Å². The Kier molecular flexibility index (Phi) is 8.22. The summed E-state index contributed by atoms with van der Waals surface area (Å²) in [5, 5.41) is 9.55. The van der Waals surface area contributed by atoms with Gasteiger partial charge in [-0.25, -0.2) is 10.6 Å². The van der Waals surface area contributed by atoms with Crippen molar-refractivity contribution in [2.45, 2.75) is 39.4 Å². The van der Waals surface area contributed by atoms with Crippen LogP contribution >= 0.6 is 0 Å². The lowest BCUT2D eigenvalue weighted by Crippen LogP contribution is -2.52. The van der Waals surface area contributed by atoms with Gasteiger partial charge in [0.05, 0.1) is 18.2 Å². The molecule has 0 aliphatic heterocycles. The Morgan fingerprint density at radius 2 is 1.66 bits per heavy atom. The van der Waals surface area contributed by atoms with Crippen LogP contribution in [0.1, 0.15) is 52.7 Å². The van der Waals surface area contributed by atoms with Gasteiger partial charge in [0.1, 0.15) is 17.0 Å². The number of carbonyl (C=O) groups is 2. The van der Waals surface area contributed by atoms with Crippen LogP contribution in [0.25, 0.3) is 0 Å². The molecule has 3 N–H and O–H groups in total. The van der Waals surface area contributed by atoms with Gasteiger partial charge in [0, 0.05) is 12.6 Å². The number of hydrazine groups is 1. The number of rotatable bonds is 3. The van der Waals surface area contributed by atoms with E-state index in [4.69, 9.17) is 15.7 Å². The van der Waals surface area contributed by atoms with Crippen LogP contribution in [-0.4, -0.2) is 39.2 Å². The maximum atomic E-state index is 12.6. The minimum Gasteiger partial charge on any atom is -0.496 e. The van der Waals surface area contributed by atoms with E-state index in [1.165, 1.54) is 7.11 Å². The third-order valence-electron chi connectivity index (χ3n) is 4.50. The van der Waals surface area contributed by atoms with E-state index in [1.807, 2.05) is 0 Å². The van der Waals surface area contributed by atoms with Gasteiger partial charge in [0.2, 0.25) is 0 Å². The van der Waals surface area contributed by atoms with Gasteiger partial charge in [0.25, 0.3) is 11.5 Å². The van der Waals surface area contributed by atoms with Crippen molar-refractivity contribution in [3.8, 4) is 5.75 Å². The Balaban J connectivity index is 0.000000363. The normalized spacial score (nSPS) is 11.3. The monoisotopic (exact) mass is 457 g/mol. The Labute approximate surface area is 183 Å². The molecular formula is C21H26F3N3O5. The molecular weight excluding hydrogens is 431 g/mol. The second-order valence-electron chi connectivity index (χ2n) is 7.78. The minimum atomic E-state index is -4.66. The van der Waals surface area contributed by atoms with Crippen LogP contribution in [0, 0.1) is 6.92 Å². The topological polar surface area (TPSA) is 115 Å². The quantitative estimate of drug-likeness (QED) is 0.416. The Hall–Kier alpha value is -3.34. The number of alkyl halides is 3. The number of amides is 1. The molecule has 0 aliphatic rings. The van der Waals surface area contributed by atoms with Crippen molar-refractivity contribution in [1.29, 1.82) is 0 Å². The van der Waals surface area contributed by atoms with Gasteiger partial charge in [0.15, 0.2) is 0 Å². The Morgan fingerprint density at radius 3 is 2.09 bits per heavy atom. The summed E-state index contributed by atoms with van der Waals surface area (Å²) in [5.74, 6) is 4.44. The SMILES string of the molecule is COc1cccc(C(=O)O)c1C.Cn1c(C(F)(F)F)ccc(C(=O)N(N)C(C)(C)C)c1=O. The number of hydrogen-bond donors (Lipinski definition) is 2. The molecule has 1 heterocycles. The number of pyridine rings is 1. The highest BCUT2D eigenvalue weighted by molar-refractivity contribution is 5.94. The molecule has 176 valence electrons. The first-order chi connectivity index (χ1) is 14.5. The number of nitrogens with two attached hydrogens (primary N) is 1. The van der Waals surface area contributed by atoms with E-state index < -0.39 is 40.4 Å². The number of halogens is 3. The van der Waals surface area contributed by atoms with Crippen molar-refractivity contribution < 1.29 is 32.6 Å². The van der Waals surface area contributed by atoms with Gasteiger partial charge in [-0.2, -0.15) is 13.2 Å². The van der Waals surface area contributed by atoms with E-state index in [2.05, 4.69) is 0 Å². The molecule has 0 fully saturated rings. The van der Waals surface area contributed by atoms with Gasteiger partial charge in [-0.15, -0.1) is 0 Å². The van der Waals surface area contributed by atoms with E-state index in [9.17, 15) is 27.6 Å². The minimum absolute atomic E-state index is 0.286. The largest absolute Gasteiger partial charge is 0.496 e.